The van der Waals surface area contributed by atoms with Gasteiger partial charge < -0.3 is 0 Å². The number of halogens is 4. The molecule has 0 bridgehead atoms. The molecule has 0 heterocycles. The lowest BCUT2D eigenvalue weighted by Gasteiger charge is -1.99. The van der Waals surface area contributed by atoms with Crippen molar-refractivity contribution in [3.05, 3.63) is 8.96 Å². The van der Waals surface area contributed by atoms with E-state index < -0.39 is 0 Å². The van der Waals surface area contributed by atoms with Crippen molar-refractivity contribution in [3.63, 3.8) is 0 Å². The zero-order valence-electron chi connectivity index (χ0n) is 5.34. The first-order valence-corrected chi connectivity index (χ1v) is 6.70. The van der Waals surface area contributed by atoms with Crippen LogP contribution >= 0.6 is 63.7 Å². The molecule has 0 nitrogen and oxygen atoms in total. The van der Waals surface area contributed by atoms with Crippen LogP contribution in [0.2, 0.25) is 0 Å². The third-order valence-corrected chi connectivity index (χ3v) is 4.00. The van der Waals surface area contributed by atoms with Crippen LogP contribution in [0, 0.1) is 0 Å². The Kier molecular flexibility index (Phi) is 8.53. The normalized spacial score (nSPS) is 13.2. The molecule has 0 rings (SSSR count). The first-order valence-electron chi connectivity index (χ1n) is 2.87. The number of rotatable bonds is 4. The second-order valence-corrected chi connectivity index (χ2v) is 5.19. The van der Waals surface area contributed by atoms with Gasteiger partial charge in [0.05, 0.1) is 0 Å². The van der Waals surface area contributed by atoms with Gasteiger partial charge >= 0.3 is 0 Å². The standard InChI is InChI=1S/C6H8Br4/c7-3-1-5(9)6(10)2-4-8/h1-4H2. The molecule has 60 valence electrons. The predicted octanol–water partition coefficient (Wildman–Crippen LogP) is 4.56. The second-order valence-electron chi connectivity index (χ2n) is 1.69. The van der Waals surface area contributed by atoms with Crippen LogP contribution in [0.1, 0.15) is 12.8 Å². The molecule has 10 heavy (non-hydrogen) atoms. The summed E-state index contributed by atoms with van der Waals surface area (Å²) < 4.78 is 2.51. The van der Waals surface area contributed by atoms with Crippen LogP contribution in [-0.2, 0) is 0 Å². The summed E-state index contributed by atoms with van der Waals surface area (Å²) in [4.78, 5) is 0. The number of allylic oxidation sites excluding steroid dienone is 2. The fourth-order valence-electron chi connectivity index (χ4n) is 0.437. The SMILES string of the molecule is BrCCC(Br)=C(Br)CCBr. The summed E-state index contributed by atoms with van der Waals surface area (Å²) in [6.45, 7) is 0. The van der Waals surface area contributed by atoms with E-state index in [9.17, 15) is 0 Å². The van der Waals surface area contributed by atoms with Crippen LogP contribution in [0.3, 0.4) is 0 Å². The molecule has 0 saturated heterocycles. The maximum atomic E-state index is 3.49. The van der Waals surface area contributed by atoms with E-state index in [0.717, 1.165) is 23.5 Å². The van der Waals surface area contributed by atoms with Crippen molar-refractivity contribution in [2.45, 2.75) is 12.8 Å². The fraction of sp³-hybridized carbons (Fsp3) is 0.667. The predicted molar refractivity (Wildman–Crippen MR) is 61.7 cm³/mol. The summed E-state index contributed by atoms with van der Waals surface area (Å²) in [6, 6.07) is 0. The molecule has 0 aromatic carbocycles. The molecular formula is C6H8Br4. The number of hydrogen-bond donors (Lipinski definition) is 0. The molecule has 0 amide bonds. The van der Waals surface area contributed by atoms with Crippen LogP contribution in [0.15, 0.2) is 8.96 Å². The third-order valence-electron chi connectivity index (χ3n) is 0.922. The third kappa shape index (κ3) is 5.33. The van der Waals surface area contributed by atoms with Crippen molar-refractivity contribution in [1.29, 1.82) is 0 Å². The van der Waals surface area contributed by atoms with Crippen molar-refractivity contribution in [2.24, 2.45) is 0 Å². The lowest BCUT2D eigenvalue weighted by Crippen LogP contribution is -1.81. The van der Waals surface area contributed by atoms with Crippen LogP contribution in [0.5, 0.6) is 0 Å². The van der Waals surface area contributed by atoms with E-state index in [1.807, 2.05) is 0 Å². The molecule has 0 aliphatic heterocycles. The molecule has 0 atom stereocenters. The van der Waals surface area contributed by atoms with Crippen LogP contribution in [-0.4, -0.2) is 10.7 Å². The Labute approximate surface area is 95.3 Å². The highest BCUT2D eigenvalue weighted by atomic mass is 79.9. The summed E-state index contributed by atoms with van der Waals surface area (Å²) in [5, 5.41) is 2.01. The molecular weight excluding hydrogens is 392 g/mol. The van der Waals surface area contributed by atoms with Crippen molar-refractivity contribution in [1.82, 2.24) is 0 Å². The van der Waals surface area contributed by atoms with Crippen LogP contribution in [0.4, 0.5) is 0 Å². The Morgan fingerprint density at radius 2 is 1.10 bits per heavy atom. The van der Waals surface area contributed by atoms with Gasteiger partial charge in [-0.1, -0.05) is 63.7 Å². The molecule has 0 saturated carbocycles. The lowest BCUT2D eigenvalue weighted by molar-refractivity contribution is 1.16. The summed E-state index contributed by atoms with van der Waals surface area (Å²) in [5.74, 6) is 0. The van der Waals surface area contributed by atoms with Gasteiger partial charge in [0.2, 0.25) is 0 Å². The average Bonchev–Trinajstić information content (AvgIpc) is 1.89. The van der Waals surface area contributed by atoms with E-state index in [0.29, 0.717) is 0 Å². The molecule has 0 fully saturated rings. The van der Waals surface area contributed by atoms with Gasteiger partial charge in [0.1, 0.15) is 0 Å². The molecule has 4 heteroatoms. The van der Waals surface area contributed by atoms with Gasteiger partial charge in [-0.2, -0.15) is 0 Å². The second kappa shape index (κ2) is 7.32. The average molecular weight is 400 g/mol. The van der Waals surface area contributed by atoms with E-state index in [4.69, 9.17) is 0 Å². The van der Waals surface area contributed by atoms with Gasteiger partial charge in [0.25, 0.3) is 0 Å². The fourth-order valence-corrected chi connectivity index (χ4v) is 3.09. The Morgan fingerprint density at radius 3 is 1.30 bits per heavy atom. The maximum Gasteiger partial charge on any atom is 0.00772 e. The Hall–Kier alpha value is 1.66. The molecule has 0 N–H and O–H groups in total. The van der Waals surface area contributed by atoms with Crippen molar-refractivity contribution in [3.8, 4) is 0 Å². The molecule has 0 radical (unpaired) electrons. The Bertz CT molecular complexity index is 105. The van der Waals surface area contributed by atoms with Crippen LogP contribution in [0.25, 0.3) is 0 Å². The van der Waals surface area contributed by atoms with E-state index in [1.54, 1.807) is 0 Å². The minimum atomic E-state index is 1.00. The van der Waals surface area contributed by atoms with Crippen LogP contribution < -0.4 is 0 Å². The lowest BCUT2D eigenvalue weighted by atomic mass is 10.3. The minimum absolute atomic E-state index is 1.00. The highest BCUT2D eigenvalue weighted by Gasteiger charge is 1.98. The minimum Gasteiger partial charge on any atom is -0.0924 e. The molecule has 0 aromatic rings. The van der Waals surface area contributed by atoms with E-state index in [2.05, 4.69) is 63.7 Å². The van der Waals surface area contributed by atoms with E-state index in [-0.39, 0.29) is 0 Å². The van der Waals surface area contributed by atoms with Crippen molar-refractivity contribution >= 4 is 63.7 Å². The van der Waals surface area contributed by atoms with Gasteiger partial charge in [-0.15, -0.1) is 0 Å². The van der Waals surface area contributed by atoms with Crippen molar-refractivity contribution in [2.75, 3.05) is 10.7 Å². The molecule has 0 unspecified atom stereocenters. The Morgan fingerprint density at radius 1 is 0.800 bits per heavy atom. The first-order chi connectivity index (χ1) is 4.72. The topological polar surface area (TPSA) is 0 Å². The maximum absolute atomic E-state index is 3.49. The van der Waals surface area contributed by atoms with Gasteiger partial charge in [-0.3, -0.25) is 0 Å². The molecule has 0 aliphatic carbocycles. The van der Waals surface area contributed by atoms with Crippen molar-refractivity contribution < 1.29 is 0 Å². The van der Waals surface area contributed by atoms with Gasteiger partial charge in [-0.25, -0.2) is 0 Å². The Balaban J connectivity index is 3.79. The monoisotopic (exact) mass is 396 g/mol. The zero-order valence-corrected chi connectivity index (χ0v) is 11.7. The van der Waals surface area contributed by atoms with Gasteiger partial charge in [0.15, 0.2) is 0 Å². The number of hydrogen-bond acceptors (Lipinski definition) is 0. The van der Waals surface area contributed by atoms with Gasteiger partial charge in [0, 0.05) is 19.6 Å². The van der Waals surface area contributed by atoms with E-state index >= 15 is 0 Å². The van der Waals surface area contributed by atoms with Gasteiger partial charge in [-0.05, 0) is 12.8 Å². The highest BCUT2D eigenvalue weighted by molar-refractivity contribution is 9.14. The highest BCUT2D eigenvalue weighted by Crippen LogP contribution is 2.24. The zero-order chi connectivity index (χ0) is 7.98. The van der Waals surface area contributed by atoms with E-state index in [1.165, 1.54) is 8.96 Å². The smallest absolute Gasteiger partial charge is 0.00772 e. The summed E-state index contributed by atoms with van der Waals surface area (Å²) in [6.07, 6.45) is 2.10. The summed E-state index contributed by atoms with van der Waals surface area (Å²) in [5.41, 5.74) is 0. The first kappa shape index (κ1) is 11.7. The summed E-state index contributed by atoms with van der Waals surface area (Å²) >= 11 is 13.7. The largest absolute Gasteiger partial charge is 0.0924 e. The molecule has 0 aromatic heterocycles. The molecule has 0 aliphatic rings. The summed E-state index contributed by atoms with van der Waals surface area (Å²) in [7, 11) is 0. The number of alkyl halides is 2. The quantitative estimate of drug-likeness (QED) is 0.608. The molecule has 0 spiro atoms.